The van der Waals surface area contributed by atoms with E-state index >= 15 is 0 Å². The molecule has 0 saturated heterocycles. The number of benzene rings is 1. The second kappa shape index (κ2) is 6.39. The van der Waals surface area contributed by atoms with Gasteiger partial charge in [-0.05, 0) is 40.5 Å². The number of halogens is 1. The zero-order chi connectivity index (χ0) is 13.7. The highest BCUT2D eigenvalue weighted by atomic mass is 79.9. The largest absolute Gasteiger partial charge is 0.481 e. The summed E-state index contributed by atoms with van der Waals surface area (Å²) in [4.78, 5) is 23.4. The third-order valence-electron chi connectivity index (χ3n) is 2.54. The Labute approximate surface area is 114 Å². The summed E-state index contributed by atoms with van der Waals surface area (Å²) >= 11 is 3.29. The van der Waals surface area contributed by atoms with Crippen LogP contribution in [0.15, 0.2) is 22.7 Å². The lowest BCUT2D eigenvalue weighted by Crippen LogP contribution is -2.20. The van der Waals surface area contributed by atoms with Crippen LogP contribution in [0.4, 0.5) is 5.69 Å². The average Bonchev–Trinajstić information content (AvgIpc) is 2.27. The number of amides is 1. The molecule has 18 heavy (non-hydrogen) atoms. The van der Waals surface area contributed by atoms with Gasteiger partial charge in [-0.3, -0.25) is 9.59 Å². The van der Waals surface area contributed by atoms with Crippen molar-refractivity contribution in [2.24, 2.45) is 5.73 Å². The molecule has 0 saturated carbocycles. The number of hydrogen-bond donors (Lipinski definition) is 2. The zero-order valence-corrected chi connectivity index (χ0v) is 11.6. The van der Waals surface area contributed by atoms with E-state index in [1.54, 1.807) is 18.2 Å². The van der Waals surface area contributed by atoms with Crippen LogP contribution in [0.1, 0.15) is 23.2 Å². The fraction of sp³-hybridized carbons (Fsp3) is 0.333. The first-order valence-corrected chi connectivity index (χ1v) is 6.23. The van der Waals surface area contributed by atoms with E-state index in [-0.39, 0.29) is 6.42 Å². The van der Waals surface area contributed by atoms with Gasteiger partial charge in [0.05, 0.1) is 5.56 Å². The Balaban J connectivity index is 2.69. The third-order valence-corrected chi connectivity index (χ3v) is 3.20. The number of primary amides is 1. The Kier molecular flexibility index (Phi) is 5.15. The SMILES string of the molecule is CN(CCCC(=O)O)c1ccc(C(N)=O)c(Br)c1. The van der Waals surface area contributed by atoms with Crippen molar-refractivity contribution in [2.45, 2.75) is 12.8 Å². The minimum atomic E-state index is -0.798. The Morgan fingerprint density at radius 3 is 2.61 bits per heavy atom. The van der Waals surface area contributed by atoms with E-state index in [4.69, 9.17) is 10.8 Å². The van der Waals surface area contributed by atoms with Crippen molar-refractivity contribution in [1.82, 2.24) is 0 Å². The van der Waals surface area contributed by atoms with Gasteiger partial charge in [0, 0.05) is 30.2 Å². The lowest BCUT2D eigenvalue weighted by atomic mass is 10.2. The molecule has 0 aliphatic rings. The van der Waals surface area contributed by atoms with Crippen molar-refractivity contribution >= 4 is 33.5 Å². The highest BCUT2D eigenvalue weighted by Gasteiger charge is 2.09. The van der Waals surface area contributed by atoms with Crippen LogP contribution in [0.25, 0.3) is 0 Å². The fourth-order valence-electron chi connectivity index (χ4n) is 1.54. The third kappa shape index (κ3) is 4.03. The van der Waals surface area contributed by atoms with E-state index in [1.807, 2.05) is 11.9 Å². The molecule has 0 radical (unpaired) electrons. The second-order valence-electron chi connectivity index (χ2n) is 3.95. The summed E-state index contributed by atoms with van der Waals surface area (Å²) in [6.07, 6.45) is 0.714. The summed E-state index contributed by atoms with van der Waals surface area (Å²) in [5.41, 5.74) is 6.54. The molecule has 5 nitrogen and oxygen atoms in total. The number of anilines is 1. The molecule has 0 heterocycles. The van der Waals surface area contributed by atoms with E-state index in [0.29, 0.717) is 23.0 Å². The fourth-order valence-corrected chi connectivity index (χ4v) is 2.10. The van der Waals surface area contributed by atoms with Crippen molar-refractivity contribution in [1.29, 1.82) is 0 Å². The molecule has 0 fully saturated rings. The maximum absolute atomic E-state index is 11.1. The summed E-state index contributed by atoms with van der Waals surface area (Å²) in [6, 6.07) is 5.22. The second-order valence-corrected chi connectivity index (χ2v) is 4.80. The summed E-state index contributed by atoms with van der Waals surface area (Å²) in [5, 5.41) is 8.56. The highest BCUT2D eigenvalue weighted by Crippen LogP contribution is 2.23. The molecule has 1 amide bonds. The maximum atomic E-state index is 11.1. The number of nitrogens with zero attached hydrogens (tertiary/aromatic N) is 1. The number of carboxylic acids is 1. The minimum absolute atomic E-state index is 0.144. The molecule has 1 aromatic carbocycles. The first-order valence-electron chi connectivity index (χ1n) is 5.44. The molecule has 0 bridgehead atoms. The van der Waals surface area contributed by atoms with Crippen LogP contribution < -0.4 is 10.6 Å². The first kappa shape index (κ1) is 14.5. The van der Waals surface area contributed by atoms with Crippen LogP contribution in [0, 0.1) is 0 Å². The topological polar surface area (TPSA) is 83.6 Å². The maximum Gasteiger partial charge on any atom is 0.303 e. The number of carbonyl (C=O) groups is 2. The number of carboxylic acid groups (broad SMARTS) is 1. The van der Waals surface area contributed by atoms with Gasteiger partial charge in [0.15, 0.2) is 0 Å². The minimum Gasteiger partial charge on any atom is -0.481 e. The van der Waals surface area contributed by atoms with Gasteiger partial charge >= 0.3 is 5.97 Å². The van der Waals surface area contributed by atoms with Crippen molar-refractivity contribution < 1.29 is 14.7 Å². The molecule has 0 aliphatic heterocycles. The monoisotopic (exact) mass is 314 g/mol. The summed E-state index contributed by atoms with van der Waals surface area (Å²) in [6.45, 7) is 0.634. The van der Waals surface area contributed by atoms with E-state index in [9.17, 15) is 9.59 Å². The van der Waals surface area contributed by atoms with Gasteiger partial charge in [-0.2, -0.15) is 0 Å². The molecule has 0 spiro atoms. The van der Waals surface area contributed by atoms with Crippen molar-refractivity contribution in [3.63, 3.8) is 0 Å². The highest BCUT2D eigenvalue weighted by molar-refractivity contribution is 9.10. The van der Waals surface area contributed by atoms with E-state index < -0.39 is 11.9 Å². The average molecular weight is 315 g/mol. The molecule has 0 atom stereocenters. The summed E-state index contributed by atoms with van der Waals surface area (Å²) in [7, 11) is 1.87. The molecule has 98 valence electrons. The number of nitrogens with two attached hydrogens (primary N) is 1. The van der Waals surface area contributed by atoms with E-state index in [1.165, 1.54) is 0 Å². The van der Waals surface area contributed by atoms with Crippen molar-refractivity contribution in [3.8, 4) is 0 Å². The van der Waals surface area contributed by atoms with Gasteiger partial charge < -0.3 is 15.7 Å². The summed E-state index contributed by atoms with van der Waals surface area (Å²) in [5.74, 6) is -1.28. The van der Waals surface area contributed by atoms with Gasteiger partial charge in [-0.25, -0.2) is 0 Å². The standard InChI is InChI=1S/C12H15BrN2O3/c1-15(6-2-3-11(16)17)8-4-5-9(12(14)18)10(13)7-8/h4-5,7H,2-3,6H2,1H3,(H2,14,18)(H,16,17). The van der Waals surface area contributed by atoms with Gasteiger partial charge in [0.2, 0.25) is 5.91 Å². The Morgan fingerprint density at radius 1 is 1.44 bits per heavy atom. The lowest BCUT2D eigenvalue weighted by Gasteiger charge is -2.19. The molecule has 0 unspecified atom stereocenters. The van der Waals surface area contributed by atoms with E-state index in [0.717, 1.165) is 5.69 Å². The molecule has 0 aliphatic carbocycles. The lowest BCUT2D eigenvalue weighted by molar-refractivity contribution is -0.137. The van der Waals surface area contributed by atoms with Crippen LogP contribution in [0.2, 0.25) is 0 Å². The van der Waals surface area contributed by atoms with Gasteiger partial charge in [0.25, 0.3) is 0 Å². The van der Waals surface area contributed by atoms with Gasteiger partial charge in [0.1, 0.15) is 0 Å². The van der Waals surface area contributed by atoms with Crippen molar-refractivity contribution in [2.75, 3.05) is 18.5 Å². The number of carbonyl (C=O) groups excluding carboxylic acids is 1. The van der Waals surface area contributed by atoms with Crippen LogP contribution >= 0.6 is 15.9 Å². The Bertz CT molecular complexity index is 463. The molecule has 6 heteroatoms. The normalized spacial score (nSPS) is 10.1. The number of rotatable bonds is 6. The quantitative estimate of drug-likeness (QED) is 0.839. The molecule has 3 N–H and O–H groups in total. The Hall–Kier alpha value is -1.56. The van der Waals surface area contributed by atoms with Crippen LogP contribution in [0.5, 0.6) is 0 Å². The van der Waals surface area contributed by atoms with E-state index in [2.05, 4.69) is 15.9 Å². The van der Waals surface area contributed by atoms with Crippen LogP contribution in [-0.2, 0) is 4.79 Å². The first-order chi connectivity index (χ1) is 8.41. The van der Waals surface area contributed by atoms with Crippen molar-refractivity contribution in [3.05, 3.63) is 28.2 Å². The number of hydrogen-bond acceptors (Lipinski definition) is 3. The zero-order valence-electron chi connectivity index (χ0n) is 10.0. The predicted molar refractivity (Wildman–Crippen MR) is 72.8 cm³/mol. The van der Waals surface area contributed by atoms with Crippen LogP contribution in [-0.4, -0.2) is 30.6 Å². The van der Waals surface area contributed by atoms with Crippen LogP contribution in [0.3, 0.4) is 0 Å². The van der Waals surface area contributed by atoms with Gasteiger partial charge in [-0.1, -0.05) is 0 Å². The molecule has 1 aromatic rings. The molecule has 0 aromatic heterocycles. The molecular weight excluding hydrogens is 300 g/mol. The summed E-state index contributed by atoms with van der Waals surface area (Å²) < 4.78 is 0.637. The predicted octanol–water partition coefficient (Wildman–Crippen LogP) is 1.85. The molecule has 1 rings (SSSR count). The smallest absolute Gasteiger partial charge is 0.303 e. The number of aliphatic carboxylic acids is 1. The Morgan fingerprint density at radius 2 is 2.11 bits per heavy atom. The van der Waals surface area contributed by atoms with Gasteiger partial charge in [-0.15, -0.1) is 0 Å². The molecular formula is C12H15BrN2O3.